The lowest BCUT2D eigenvalue weighted by Crippen LogP contribution is -2.14. The maximum atomic E-state index is 13.2. The lowest BCUT2D eigenvalue weighted by molar-refractivity contribution is 0.100. The molecule has 0 saturated carbocycles. The van der Waals surface area contributed by atoms with E-state index in [1.54, 1.807) is 36.7 Å². The van der Waals surface area contributed by atoms with Crippen molar-refractivity contribution >= 4 is 39.3 Å². The Labute approximate surface area is 166 Å². The maximum absolute atomic E-state index is 13.2. The number of aryl methyl sites for hydroxylation is 2. The Bertz CT molecular complexity index is 1010. The van der Waals surface area contributed by atoms with Crippen LogP contribution in [0.5, 0.6) is 0 Å². The summed E-state index contributed by atoms with van der Waals surface area (Å²) in [7, 11) is -1.04. The van der Waals surface area contributed by atoms with Gasteiger partial charge in [0.05, 0.1) is 31.7 Å². The molecule has 0 heterocycles. The number of hydrogen-bond acceptors (Lipinski definition) is 3. The molecular weight excluding hydrogens is 382 g/mol. The summed E-state index contributed by atoms with van der Waals surface area (Å²) in [6.07, 6.45) is 3.14. The van der Waals surface area contributed by atoms with Crippen molar-refractivity contribution in [2.75, 3.05) is 19.8 Å². The normalized spacial score (nSPS) is 13.4. The number of rotatable bonds is 5. The van der Waals surface area contributed by atoms with E-state index < -0.39 is 15.6 Å². The third kappa shape index (κ3) is 5.40. The molecule has 27 heavy (non-hydrogen) atoms. The van der Waals surface area contributed by atoms with Crippen molar-refractivity contribution in [3.05, 3.63) is 58.1 Å². The third-order valence-corrected chi connectivity index (χ3v) is 6.14. The lowest BCUT2D eigenvalue weighted by atomic mass is 10.1. The minimum Gasteiger partial charge on any atom is -0.366 e. The van der Waals surface area contributed by atoms with Crippen LogP contribution in [-0.4, -0.2) is 41.2 Å². The minimum atomic E-state index is -2.95. The summed E-state index contributed by atoms with van der Waals surface area (Å²) in [4.78, 5) is 19.2. The molecule has 0 bridgehead atoms. The molecule has 7 heteroatoms. The molecule has 0 fully saturated rings. The Morgan fingerprint density at radius 3 is 2.59 bits per heavy atom. The van der Waals surface area contributed by atoms with Gasteiger partial charge in [0.1, 0.15) is 0 Å². The number of carbonyl (C=O) groups excluding carboxylic acids is 1. The van der Waals surface area contributed by atoms with Gasteiger partial charge in [-0.25, -0.2) is 9.20 Å². The smallest absolute Gasteiger partial charge is 0.285 e. The summed E-state index contributed by atoms with van der Waals surface area (Å²) in [6.45, 7) is 6.53. The van der Waals surface area contributed by atoms with Crippen molar-refractivity contribution in [3.63, 3.8) is 0 Å². The molecule has 2 aromatic carbocycles. The highest BCUT2D eigenvalue weighted by molar-refractivity contribution is 7.93. The van der Waals surface area contributed by atoms with Crippen LogP contribution in [0.2, 0.25) is 5.02 Å². The van der Waals surface area contributed by atoms with E-state index in [1.807, 2.05) is 38.8 Å². The van der Waals surface area contributed by atoms with Gasteiger partial charge in [0.2, 0.25) is 0 Å². The summed E-state index contributed by atoms with van der Waals surface area (Å²) in [5.41, 5.74) is 2.66. The molecule has 0 spiro atoms. The van der Waals surface area contributed by atoms with E-state index in [9.17, 15) is 9.00 Å². The molecule has 0 aliphatic carbocycles. The van der Waals surface area contributed by atoms with Crippen LogP contribution in [0.4, 0.5) is 5.69 Å². The van der Waals surface area contributed by atoms with Gasteiger partial charge in [-0.15, -0.1) is 0 Å². The van der Waals surface area contributed by atoms with Gasteiger partial charge in [-0.1, -0.05) is 29.3 Å². The SMILES string of the molecule is CCN(C)/C=N/c1cc(C)c(S(C)(=O)=NC(=O)c2cccc(C)c2)cc1Cl. The average molecular weight is 406 g/mol. The Morgan fingerprint density at radius 1 is 1.26 bits per heavy atom. The molecule has 1 unspecified atom stereocenters. The van der Waals surface area contributed by atoms with Crippen molar-refractivity contribution in [2.24, 2.45) is 9.36 Å². The molecule has 1 amide bonds. The second-order valence-corrected chi connectivity index (χ2v) is 9.09. The van der Waals surface area contributed by atoms with Crippen molar-refractivity contribution in [3.8, 4) is 0 Å². The summed E-state index contributed by atoms with van der Waals surface area (Å²) >= 11 is 6.32. The first kappa shape index (κ1) is 21.1. The molecule has 0 aliphatic heterocycles. The Balaban J connectivity index is 2.44. The van der Waals surface area contributed by atoms with Crippen LogP contribution in [0.15, 0.2) is 50.6 Å². The monoisotopic (exact) mass is 405 g/mol. The first-order valence-electron chi connectivity index (χ1n) is 8.51. The predicted octanol–water partition coefficient (Wildman–Crippen LogP) is 4.87. The standard InChI is InChI=1S/C20H24ClN3O2S/c1-6-24(4)13-22-18-11-15(3)19(12-17(18)21)27(5,26)23-20(25)16-9-7-8-14(2)10-16/h7-13H,6H2,1-5H3/b22-13+. The third-order valence-electron chi connectivity index (χ3n) is 4.07. The number of hydrogen-bond donors (Lipinski definition) is 0. The number of halogens is 1. The van der Waals surface area contributed by atoms with Crippen molar-refractivity contribution < 1.29 is 9.00 Å². The fourth-order valence-corrected chi connectivity index (χ4v) is 4.23. The molecule has 5 nitrogen and oxygen atoms in total. The largest absolute Gasteiger partial charge is 0.366 e. The van der Waals surface area contributed by atoms with Crippen molar-refractivity contribution in [1.82, 2.24) is 4.90 Å². The quantitative estimate of drug-likeness (QED) is 0.526. The molecule has 0 saturated heterocycles. The second kappa shape index (κ2) is 8.67. The van der Waals surface area contributed by atoms with Gasteiger partial charge in [0.25, 0.3) is 5.91 Å². The van der Waals surface area contributed by atoms with E-state index in [-0.39, 0.29) is 0 Å². The molecular formula is C20H24ClN3O2S. The van der Waals surface area contributed by atoms with E-state index in [2.05, 4.69) is 9.36 Å². The van der Waals surface area contributed by atoms with Gasteiger partial charge in [-0.05, 0) is 50.6 Å². The first-order valence-corrected chi connectivity index (χ1v) is 10.8. The molecule has 2 rings (SSSR count). The van der Waals surface area contributed by atoms with E-state index in [0.717, 1.165) is 17.7 Å². The highest BCUT2D eigenvalue weighted by atomic mass is 35.5. The van der Waals surface area contributed by atoms with Crippen LogP contribution in [0.3, 0.4) is 0 Å². The molecule has 1 atom stereocenters. The van der Waals surface area contributed by atoms with Gasteiger partial charge in [-0.3, -0.25) is 4.79 Å². The highest BCUT2D eigenvalue weighted by Gasteiger charge is 2.16. The fourth-order valence-electron chi connectivity index (χ4n) is 2.44. The summed E-state index contributed by atoms with van der Waals surface area (Å²) in [5, 5.41) is 0.365. The number of benzene rings is 2. The second-order valence-electron chi connectivity index (χ2n) is 6.46. The van der Waals surface area contributed by atoms with E-state index in [4.69, 9.17) is 11.6 Å². The van der Waals surface area contributed by atoms with E-state index >= 15 is 0 Å². The molecule has 0 radical (unpaired) electrons. The van der Waals surface area contributed by atoms with Crippen LogP contribution < -0.4 is 0 Å². The van der Waals surface area contributed by atoms with Gasteiger partial charge in [0.15, 0.2) is 0 Å². The zero-order valence-corrected chi connectivity index (χ0v) is 17.8. The zero-order valence-electron chi connectivity index (χ0n) is 16.2. The molecule has 0 N–H and O–H groups in total. The van der Waals surface area contributed by atoms with Gasteiger partial charge in [0, 0.05) is 25.4 Å². The summed E-state index contributed by atoms with van der Waals surface area (Å²) < 4.78 is 17.2. The Hall–Kier alpha value is -2.18. The molecule has 2 aromatic rings. The van der Waals surface area contributed by atoms with Crippen molar-refractivity contribution in [2.45, 2.75) is 25.7 Å². The Kier molecular flexibility index (Phi) is 6.78. The number of amides is 1. The first-order chi connectivity index (χ1) is 12.6. The lowest BCUT2D eigenvalue weighted by Gasteiger charge is -2.12. The van der Waals surface area contributed by atoms with Crippen molar-refractivity contribution in [1.29, 1.82) is 0 Å². The van der Waals surface area contributed by atoms with Gasteiger partial charge >= 0.3 is 0 Å². The minimum absolute atomic E-state index is 0.365. The summed E-state index contributed by atoms with van der Waals surface area (Å²) in [6, 6.07) is 10.4. The number of aliphatic imine (C=N–C) groups is 1. The fraction of sp³-hybridized carbons (Fsp3) is 0.300. The molecule has 144 valence electrons. The summed E-state index contributed by atoms with van der Waals surface area (Å²) in [5.74, 6) is -0.506. The molecule has 0 aromatic heterocycles. The maximum Gasteiger partial charge on any atom is 0.285 e. The van der Waals surface area contributed by atoms with E-state index in [1.165, 1.54) is 6.26 Å². The number of carbonyl (C=O) groups is 1. The molecule has 0 aliphatic rings. The van der Waals surface area contributed by atoms with Crippen LogP contribution in [0.25, 0.3) is 0 Å². The van der Waals surface area contributed by atoms with Gasteiger partial charge in [-0.2, -0.15) is 4.36 Å². The van der Waals surface area contributed by atoms with Crippen LogP contribution >= 0.6 is 11.6 Å². The number of nitrogens with zero attached hydrogens (tertiary/aromatic N) is 3. The van der Waals surface area contributed by atoms with E-state index in [0.29, 0.717) is 21.2 Å². The predicted molar refractivity (Wildman–Crippen MR) is 113 cm³/mol. The average Bonchev–Trinajstić information content (AvgIpc) is 2.61. The van der Waals surface area contributed by atoms with Crippen LogP contribution in [0.1, 0.15) is 28.4 Å². The zero-order chi connectivity index (χ0) is 20.2. The highest BCUT2D eigenvalue weighted by Crippen LogP contribution is 2.31. The van der Waals surface area contributed by atoms with Crippen LogP contribution in [-0.2, 0) is 9.73 Å². The van der Waals surface area contributed by atoms with Crippen LogP contribution in [0, 0.1) is 13.8 Å². The Morgan fingerprint density at radius 2 is 1.96 bits per heavy atom. The topological polar surface area (TPSA) is 62.1 Å². The van der Waals surface area contributed by atoms with Gasteiger partial charge < -0.3 is 4.90 Å².